The Kier molecular flexibility index (Phi) is 7.32. The van der Waals surface area contributed by atoms with Gasteiger partial charge in [-0.05, 0) is 49.8 Å². The highest BCUT2D eigenvalue weighted by Gasteiger charge is 2.79. The molecule has 2 aromatic rings. The number of fused-ring (bicyclic) bond motifs is 4. The van der Waals surface area contributed by atoms with Crippen LogP contribution in [0.2, 0.25) is 0 Å². The van der Waals surface area contributed by atoms with Crippen LogP contribution < -0.4 is 9.47 Å². The number of furan rings is 1. The summed E-state index contributed by atoms with van der Waals surface area (Å²) < 4.78 is 28.9. The predicted molar refractivity (Wildman–Crippen MR) is 144 cm³/mol. The van der Waals surface area contributed by atoms with E-state index in [-0.39, 0.29) is 30.9 Å². The Morgan fingerprint density at radius 3 is 2.62 bits per heavy atom. The molecule has 42 heavy (non-hydrogen) atoms. The largest absolute Gasteiger partial charge is 0.490 e. The molecule has 0 radical (unpaired) electrons. The fraction of sp³-hybridized carbons (Fsp3) is 0.633. The van der Waals surface area contributed by atoms with Crippen molar-refractivity contribution in [3.63, 3.8) is 0 Å². The molecule has 12 heteroatoms. The van der Waals surface area contributed by atoms with E-state index in [1.165, 1.54) is 13.4 Å². The Balaban J connectivity index is 1.49. The molecule has 4 aliphatic rings. The molecule has 12 nitrogen and oxygen atoms in total. The lowest BCUT2D eigenvalue weighted by Gasteiger charge is -2.70. The zero-order valence-electron chi connectivity index (χ0n) is 23.5. The maximum atomic E-state index is 12.6. The lowest BCUT2D eigenvalue weighted by atomic mass is 9.41. The maximum absolute atomic E-state index is 12.6. The number of rotatable bonds is 9. The highest BCUT2D eigenvalue weighted by molar-refractivity contribution is 5.87. The summed E-state index contributed by atoms with van der Waals surface area (Å²) in [5, 5.41) is 69.1. The number of aliphatic hydroxyl groups is 6. The summed E-state index contributed by atoms with van der Waals surface area (Å²) in [6.45, 7) is 0.700. The van der Waals surface area contributed by atoms with Crippen LogP contribution in [0.1, 0.15) is 31.7 Å². The Hall–Kier alpha value is -2.71. The maximum Gasteiger partial charge on any atom is 0.306 e. The van der Waals surface area contributed by atoms with Gasteiger partial charge in [-0.1, -0.05) is 12.2 Å². The summed E-state index contributed by atoms with van der Waals surface area (Å²) in [7, 11) is 1.40. The minimum absolute atomic E-state index is 0.00509. The SMILES string of the molecule is CCOC(=O)CCc1cc2ccoc2c(OC)c1OC1OC(CO)C2(O)C3C=CC4(CO)C(O)CCC3C4C1(O)C2O. The van der Waals surface area contributed by atoms with Crippen molar-refractivity contribution >= 4 is 16.9 Å². The number of hydrogen-bond donors (Lipinski definition) is 6. The Morgan fingerprint density at radius 2 is 1.93 bits per heavy atom. The van der Waals surface area contributed by atoms with Gasteiger partial charge in [-0.15, -0.1) is 0 Å². The quantitative estimate of drug-likeness (QED) is 0.175. The molecular weight excluding hydrogens is 552 g/mol. The standard InChI is InChI=1S/C30H38O12/c1-3-39-21(34)7-4-15-12-16-9-11-40-22(16)24(38-2)23(15)42-27-30(37)25-17-5-6-19(33)28(25,14-32)10-8-18(17)29(36,26(30)35)20(13-31)41-27/h8-12,17-20,25-27,31-33,35-37H,3-7,13-14H2,1-2H3. The number of benzene rings is 1. The van der Waals surface area contributed by atoms with E-state index in [1.807, 2.05) is 0 Å². The molecule has 10 atom stereocenters. The molecule has 6 rings (SSSR count). The van der Waals surface area contributed by atoms with Gasteiger partial charge in [-0.25, -0.2) is 0 Å². The van der Waals surface area contributed by atoms with Crippen molar-refractivity contribution in [2.75, 3.05) is 26.9 Å². The molecule has 1 aromatic heterocycles. The number of carbonyl (C=O) groups is 1. The van der Waals surface area contributed by atoms with Gasteiger partial charge in [0.15, 0.2) is 16.9 Å². The van der Waals surface area contributed by atoms with E-state index < -0.39 is 78.2 Å². The van der Waals surface area contributed by atoms with Crippen LogP contribution in [0, 0.1) is 23.2 Å². The van der Waals surface area contributed by atoms with Crippen molar-refractivity contribution in [1.82, 2.24) is 0 Å². The second-order valence-electron chi connectivity index (χ2n) is 11.9. The van der Waals surface area contributed by atoms with Crippen molar-refractivity contribution in [3.8, 4) is 11.5 Å². The Bertz CT molecular complexity index is 1370. The fourth-order valence-electron chi connectivity index (χ4n) is 8.21. The number of esters is 1. The summed E-state index contributed by atoms with van der Waals surface area (Å²) >= 11 is 0. The first-order chi connectivity index (χ1) is 20.1. The van der Waals surface area contributed by atoms with Crippen LogP contribution in [0.5, 0.6) is 11.5 Å². The van der Waals surface area contributed by atoms with Crippen LogP contribution in [0.4, 0.5) is 0 Å². The molecular formula is C30H38O12. The summed E-state index contributed by atoms with van der Waals surface area (Å²) in [6.07, 6.45) is -0.423. The molecule has 0 spiro atoms. The van der Waals surface area contributed by atoms with E-state index >= 15 is 0 Å². The third-order valence-electron chi connectivity index (χ3n) is 10.1. The number of aryl methyl sites for hydroxylation is 1. The van der Waals surface area contributed by atoms with Gasteiger partial charge in [-0.3, -0.25) is 4.79 Å². The normalized spacial score (nSPS) is 40.1. The van der Waals surface area contributed by atoms with Gasteiger partial charge >= 0.3 is 5.97 Å². The lowest BCUT2D eigenvalue weighted by Crippen LogP contribution is -2.85. The molecule has 10 unspecified atom stereocenters. The third kappa shape index (κ3) is 3.83. The van der Waals surface area contributed by atoms with Crippen molar-refractivity contribution in [2.45, 2.75) is 68.4 Å². The van der Waals surface area contributed by atoms with E-state index in [1.54, 1.807) is 31.2 Å². The van der Waals surface area contributed by atoms with Crippen molar-refractivity contribution in [3.05, 3.63) is 36.1 Å². The van der Waals surface area contributed by atoms with Crippen molar-refractivity contribution in [2.24, 2.45) is 23.2 Å². The molecule has 1 aromatic carbocycles. The second-order valence-corrected chi connectivity index (χ2v) is 11.9. The Labute approximate surface area is 242 Å². The Morgan fingerprint density at radius 1 is 1.14 bits per heavy atom. The topological polar surface area (TPSA) is 189 Å². The van der Waals surface area contributed by atoms with Crippen LogP contribution in [-0.2, 0) is 20.7 Å². The van der Waals surface area contributed by atoms with Crippen LogP contribution in [0.3, 0.4) is 0 Å². The zero-order chi connectivity index (χ0) is 30.0. The van der Waals surface area contributed by atoms with Gasteiger partial charge in [0.25, 0.3) is 0 Å². The monoisotopic (exact) mass is 590 g/mol. The number of aliphatic hydroxyl groups excluding tert-OH is 4. The molecule has 3 fully saturated rings. The van der Waals surface area contributed by atoms with Crippen LogP contribution in [-0.4, -0.2) is 99.3 Å². The van der Waals surface area contributed by atoms with E-state index in [4.69, 9.17) is 23.4 Å². The lowest BCUT2D eigenvalue weighted by molar-refractivity contribution is -0.414. The average molecular weight is 591 g/mol. The first-order valence-corrected chi connectivity index (χ1v) is 14.4. The van der Waals surface area contributed by atoms with Crippen LogP contribution in [0.15, 0.2) is 35.0 Å². The zero-order valence-corrected chi connectivity index (χ0v) is 23.5. The van der Waals surface area contributed by atoms with E-state index in [0.717, 1.165) is 0 Å². The fourth-order valence-corrected chi connectivity index (χ4v) is 8.21. The van der Waals surface area contributed by atoms with Gasteiger partial charge in [0.05, 0.1) is 39.3 Å². The van der Waals surface area contributed by atoms with Gasteiger partial charge in [0.2, 0.25) is 12.0 Å². The molecule has 1 saturated heterocycles. The minimum atomic E-state index is -2.36. The number of carbonyl (C=O) groups excluding carboxylic acids is 1. The van der Waals surface area contributed by atoms with Crippen molar-refractivity contribution < 1.29 is 58.8 Å². The smallest absolute Gasteiger partial charge is 0.306 e. The molecule has 1 aliphatic heterocycles. The van der Waals surface area contributed by atoms with Gasteiger partial charge in [0.1, 0.15) is 17.8 Å². The van der Waals surface area contributed by atoms with Crippen LogP contribution in [0.25, 0.3) is 11.0 Å². The van der Waals surface area contributed by atoms with Crippen molar-refractivity contribution in [1.29, 1.82) is 0 Å². The highest BCUT2D eigenvalue weighted by atomic mass is 16.7. The van der Waals surface area contributed by atoms with E-state index in [0.29, 0.717) is 29.4 Å². The van der Waals surface area contributed by atoms with Gasteiger partial charge < -0.3 is 54.0 Å². The molecule has 6 N–H and O–H groups in total. The number of methoxy groups -OCH3 is 1. The van der Waals surface area contributed by atoms with Crippen LogP contribution >= 0.6 is 0 Å². The van der Waals surface area contributed by atoms with Gasteiger partial charge in [0, 0.05) is 29.1 Å². The molecule has 2 heterocycles. The first kappa shape index (κ1) is 29.4. The summed E-state index contributed by atoms with van der Waals surface area (Å²) in [6, 6.07) is 3.46. The summed E-state index contributed by atoms with van der Waals surface area (Å²) in [5.74, 6) is -2.41. The third-order valence-corrected chi connectivity index (χ3v) is 10.1. The van der Waals surface area contributed by atoms with E-state index in [9.17, 15) is 35.4 Å². The predicted octanol–water partition coefficient (Wildman–Crippen LogP) is 0.422. The molecule has 2 saturated carbocycles. The second kappa shape index (κ2) is 10.5. The molecule has 3 aliphatic carbocycles. The molecule has 6 bridgehead atoms. The molecule has 0 amide bonds. The highest BCUT2D eigenvalue weighted by Crippen LogP contribution is 2.66. The van der Waals surface area contributed by atoms with E-state index in [2.05, 4.69) is 0 Å². The average Bonchev–Trinajstić information content (AvgIpc) is 3.45. The minimum Gasteiger partial charge on any atom is -0.490 e. The first-order valence-electron chi connectivity index (χ1n) is 14.4. The summed E-state index contributed by atoms with van der Waals surface area (Å²) in [4.78, 5) is 12.2. The number of ether oxygens (including phenoxy) is 4. The van der Waals surface area contributed by atoms with Gasteiger partial charge in [-0.2, -0.15) is 0 Å². The molecule has 230 valence electrons. The summed E-state index contributed by atoms with van der Waals surface area (Å²) in [5.41, 5.74) is -4.99. The number of hydrogen-bond acceptors (Lipinski definition) is 12.